The quantitative estimate of drug-likeness (QED) is 0.725. The van der Waals surface area contributed by atoms with Crippen molar-refractivity contribution >= 4 is 33.8 Å². The van der Waals surface area contributed by atoms with Crippen molar-refractivity contribution in [3.8, 4) is 0 Å². The Morgan fingerprint density at radius 3 is 2.42 bits per heavy atom. The molecule has 1 aliphatic carbocycles. The van der Waals surface area contributed by atoms with Crippen molar-refractivity contribution in [2.75, 3.05) is 5.32 Å². The van der Waals surface area contributed by atoms with Crippen LogP contribution in [0.3, 0.4) is 0 Å². The largest absolute Gasteiger partial charge is 0.501 e. The molecule has 1 aromatic rings. The van der Waals surface area contributed by atoms with Crippen LogP contribution in [0.4, 0.5) is 18.9 Å². The molecule has 1 aromatic carbocycles. The summed E-state index contributed by atoms with van der Waals surface area (Å²) >= 11 is 0. The molecule has 11 heteroatoms. The van der Waals surface area contributed by atoms with E-state index in [-0.39, 0.29) is 18.1 Å². The van der Waals surface area contributed by atoms with Crippen LogP contribution in [0.5, 0.6) is 0 Å². The smallest absolute Gasteiger partial charge is 0.391 e. The zero-order chi connectivity index (χ0) is 17.4. The van der Waals surface area contributed by atoms with Crippen LogP contribution in [0, 0.1) is 5.92 Å². The molecular formula is C13H16ClF3N2O4S. The Morgan fingerprint density at radius 2 is 1.92 bits per heavy atom. The summed E-state index contributed by atoms with van der Waals surface area (Å²) in [4.78, 5) is 11.1. The number of hydrogen-bond donors (Lipinski definition) is 3. The number of sulfone groups is 1. The van der Waals surface area contributed by atoms with Gasteiger partial charge in [0.2, 0.25) is 5.91 Å². The number of amides is 1. The van der Waals surface area contributed by atoms with Crippen LogP contribution in [0.25, 0.3) is 0 Å². The third-order valence-corrected chi connectivity index (χ3v) is 5.22. The molecule has 0 spiro atoms. The van der Waals surface area contributed by atoms with Crippen LogP contribution in [0.2, 0.25) is 0 Å². The molecule has 4 N–H and O–H groups in total. The van der Waals surface area contributed by atoms with Gasteiger partial charge >= 0.3 is 5.51 Å². The molecule has 3 atom stereocenters. The van der Waals surface area contributed by atoms with Crippen LogP contribution in [0.1, 0.15) is 12.8 Å². The number of carbonyl (C=O) groups excluding carboxylic acids is 1. The van der Waals surface area contributed by atoms with Crippen molar-refractivity contribution in [2.24, 2.45) is 11.7 Å². The molecule has 136 valence electrons. The molecule has 0 bridgehead atoms. The molecule has 0 saturated heterocycles. The van der Waals surface area contributed by atoms with Gasteiger partial charge in [-0.05, 0) is 31.0 Å². The second-order valence-electron chi connectivity index (χ2n) is 5.29. The summed E-state index contributed by atoms with van der Waals surface area (Å²) in [5.74, 6) is -1.26. The topological polar surface area (TPSA) is 109 Å². The maximum Gasteiger partial charge on any atom is 0.501 e. The van der Waals surface area contributed by atoms with Crippen molar-refractivity contribution < 1.29 is 31.5 Å². The monoisotopic (exact) mass is 388 g/mol. The van der Waals surface area contributed by atoms with E-state index in [0.717, 1.165) is 18.2 Å². The fourth-order valence-electron chi connectivity index (χ4n) is 2.42. The van der Waals surface area contributed by atoms with E-state index in [1.807, 2.05) is 0 Å². The maximum absolute atomic E-state index is 12.5. The van der Waals surface area contributed by atoms with Crippen LogP contribution in [-0.4, -0.2) is 37.1 Å². The van der Waals surface area contributed by atoms with E-state index < -0.39 is 44.2 Å². The highest BCUT2D eigenvalue weighted by Crippen LogP contribution is 2.32. The molecule has 24 heavy (non-hydrogen) atoms. The first-order chi connectivity index (χ1) is 10.5. The number of rotatable bonds is 3. The molecule has 0 aliphatic heterocycles. The number of hydrogen-bond acceptors (Lipinski definition) is 5. The van der Waals surface area contributed by atoms with Gasteiger partial charge in [0.1, 0.15) is 0 Å². The van der Waals surface area contributed by atoms with Crippen molar-refractivity contribution in [3.63, 3.8) is 0 Å². The first-order valence-corrected chi connectivity index (χ1v) is 8.18. The minimum Gasteiger partial charge on any atom is -0.391 e. The SMILES string of the molecule is Cl.NC1C(O)CC[C@@H]1C(=O)Nc1cccc(S(=O)(=O)C(F)(F)F)c1. The lowest BCUT2D eigenvalue weighted by Gasteiger charge is -2.17. The minimum absolute atomic E-state index is 0. The van der Waals surface area contributed by atoms with E-state index in [0.29, 0.717) is 12.8 Å². The van der Waals surface area contributed by atoms with Crippen LogP contribution in [0.15, 0.2) is 29.2 Å². The standard InChI is InChI=1S/C13H15F3N2O4S.ClH/c14-13(15,16)23(21,22)8-3-1-2-7(6-8)18-12(20)9-4-5-10(19)11(9)17;/h1-3,6,9-11,19H,4-5,17H2,(H,18,20);1H/t9-,10?,11?;/m0./s1. The molecule has 1 fully saturated rings. The zero-order valence-corrected chi connectivity index (χ0v) is 13.8. The average molecular weight is 389 g/mol. The Labute approximate surface area is 142 Å². The summed E-state index contributed by atoms with van der Waals surface area (Å²) in [6.07, 6.45) is -0.126. The van der Waals surface area contributed by atoms with Crippen molar-refractivity contribution in [1.29, 1.82) is 0 Å². The summed E-state index contributed by atoms with van der Waals surface area (Å²) in [7, 11) is -5.49. The normalized spacial score (nSPS) is 24.3. The predicted molar refractivity (Wildman–Crippen MR) is 82.3 cm³/mol. The van der Waals surface area contributed by atoms with Gasteiger partial charge in [-0.1, -0.05) is 6.07 Å². The van der Waals surface area contributed by atoms with Gasteiger partial charge in [0.25, 0.3) is 9.84 Å². The van der Waals surface area contributed by atoms with Gasteiger partial charge < -0.3 is 16.2 Å². The van der Waals surface area contributed by atoms with E-state index in [1.54, 1.807) is 0 Å². The number of anilines is 1. The number of halogens is 4. The Hall–Kier alpha value is -1.36. The van der Waals surface area contributed by atoms with Crippen LogP contribution < -0.4 is 11.1 Å². The number of aliphatic hydroxyl groups excluding tert-OH is 1. The Kier molecular flexibility index (Phi) is 6.26. The highest BCUT2D eigenvalue weighted by Gasteiger charge is 2.47. The molecule has 1 aliphatic rings. The average Bonchev–Trinajstić information content (AvgIpc) is 2.78. The Balaban J connectivity index is 0.00000288. The first-order valence-electron chi connectivity index (χ1n) is 6.70. The molecule has 2 unspecified atom stereocenters. The summed E-state index contributed by atoms with van der Waals surface area (Å²) in [6, 6.07) is 3.13. The molecule has 1 amide bonds. The third-order valence-electron chi connectivity index (χ3n) is 3.74. The highest BCUT2D eigenvalue weighted by molar-refractivity contribution is 7.92. The molecule has 0 heterocycles. The number of benzene rings is 1. The van der Waals surface area contributed by atoms with Gasteiger partial charge in [-0.2, -0.15) is 13.2 Å². The lowest BCUT2D eigenvalue weighted by Crippen LogP contribution is -2.40. The third kappa shape index (κ3) is 4.00. The molecule has 6 nitrogen and oxygen atoms in total. The summed E-state index contributed by atoms with van der Waals surface area (Å²) in [6.45, 7) is 0. The van der Waals surface area contributed by atoms with Gasteiger partial charge in [0.05, 0.1) is 16.9 Å². The van der Waals surface area contributed by atoms with E-state index in [1.165, 1.54) is 6.07 Å². The first kappa shape index (κ1) is 20.7. The predicted octanol–water partition coefficient (Wildman–Crippen LogP) is 1.44. The fraction of sp³-hybridized carbons (Fsp3) is 0.462. The molecule has 0 aromatic heterocycles. The summed E-state index contributed by atoms with van der Waals surface area (Å²) in [5.41, 5.74) is 0.166. The van der Waals surface area contributed by atoms with Crippen LogP contribution in [-0.2, 0) is 14.6 Å². The van der Waals surface area contributed by atoms with Gasteiger partial charge in [-0.15, -0.1) is 12.4 Å². The zero-order valence-electron chi connectivity index (χ0n) is 12.2. The Bertz CT molecular complexity index is 711. The summed E-state index contributed by atoms with van der Waals surface area (Å²) in [5, 5.41) is 11.9. The van der Waals surface area contributed by atoms with E-state index >= 15 is 0 Å². The number of nitrogens with one attached hydrogen (secondary N) is 1. The van der Waals surface area contributed by atoms with Gasteiger partial charge in [-0.25, -0.2) is 8.42 Å². The maximum atomic E-state index is 12.5. The van der Waals surface area contributed by atoms with E-state index in [9.17, 15) is 31.5 Å². The summed E-state index contributed by atoms with van der Waals surface area (Å²) < 4.78 is 60.3. The lowest BCUT2D eigenvalue weighted by atomic mass is 10.0. The van der Waals surface area contributed by atoms with E-state index in [2.05, 4.69) is 5.32 Å². The number of aliphatic hydroxyl groups is 1. The highest BCUT2D eigenvalue weighted by atomic mass is 35.5. The second-order valence-corrected chi connectivity index (χ2v) is 7.24. The van der Waals surface area contributed by atoms with Crippen LogP contribution >= 0.6 is 12.4 Å². The lowest BCUT2D eigenvalue weighted by molar-refractivity contribution is -0.120. The van der Waals surface area contributed by atoms with Gasteiger partial charge in [-0.3, -0.25) is 4.79 Å². The number of alkyl halides is 3. The van der Waals surface area contributed by atoms with Gasteiger partial charge in [0.15, 0.2) is 0 Å². The fourth-order valence-corrected chi connectivity index (χ4v) is 3.23. The minimum atomic E-state index is -5.49. The molecular weight excluding hydrogens is 373 g/mol. The number of nitrogens with two attached hydrogens (primary N) is 1. The van der Waals surface area contributed by atoms with Crippen molar-refractivity contribution in [3.05, 3.63) is 24.3 Å². The van der Waals surface area contributed by atoms with E-state index in [4.69, 9.17) is 5.73 Å². The van der Waals surface area contributed by atoms with Crippen molar-refractivity contribution in [2.45, 2.75) is 35.4 Å². The molecule has 0 radical (unpaired) electrons. The number of carbonyl (C=O) groups is 1. The Morgan fingerprint density at radius 1 is 1.29 bits per heavy atom. The van der Waals surface area contributed by atoms with Gasteiger partial charge in [0, 0.05) is 11.7 Å². The second kappa shape index (κ2) is 7.26. The molecule has 2 rings (SSSR count). The van der Waals surface area contributed by atoms with Crippen molar-refractivity contribution in [1.82, 2.24) is 0 Å². The molecule has 1 saturated carbocycles.